The van der Waals surface area contributed by atoms with Crippen molar-refractivity contribution >= 4 is 39.7 Å². The number of unbranched alkanes of at least 4 members (excludes halogenated alkanes) is 4. The van der Waals surface area contributed by atoms with Crippen LogP contribution < -0.4 is 5.11 Å². The molecule has 0 bridgehead atoms. The first-order chi connectivity index (χ1) is 10.5. The van der Waals surface area contributed by atoms with Gasteiger partial charge in [-0.1, -0.05) is 39.5 Å². The zero-order valence-electron chi connectivity index (χ0n) is 15.2. The molecule has 0 aromatic rings. The van der Waals surface area contributed by atoms with Crippen LogP contribution >= 0.6 is 12.6 Å². The number of hydrogen-bond acceptors (Lipinski definition) is 3. The number of carboxylic acid groups (broad SMARTS) is 1. The van der Waals surface area contributed by atoms with Gasteiger partial charge in [-0.15, -0.1) is 0 Å². The van der Waals surface area contributed by atoms with E-state index in [4.69, 9.17) is 0 Å². The van der Waals surface area contributed by atoms with Gasteiger partial charge in [0, 0.05) is 5.25 Å². The first kappa shape index (κ1) is 24.9. The fourth-order valence-electron chi connectivity index (χ4n) is 1.91. The van der Waals surface area contributed by atoms with Gasteiger partial charge in [-0.2, -0.15) is 12.6 Å². The maximum absolute atomic E-state index is 10.3. The summed E-state index contributed by atoms with van der Waals surface area (Å²) in [5.74, 6) is -0.305. The van der Waals surface area contributed by atoms with E-state index in [9.17, 15) is 9.90 Å². The molecule has 0 heterocycles. The summed E-state index contributed by atoms with van der Waals surface area (Å²) in [5.41, 5.74) is 0. The van der Waals surface area contributed by atoms with Crippen LogP contribution in [-0.2, 0) is 4.79 Å². The molecule has 0 aliphatic carbocycles. The quantitative estimate of drug-likeness (QED) is 0.257. The number of aliphatic carboxylic acids is 1. The van der Waals surface area contributed by atoms with E-state index in [0.717, 1.165) is 18.8 Å². The third-order valence-corrected chi connectivity index (χ3v) is 7.95. The topological polar surface area (TPSA) is 40.1 Å². The van der Waals surface area contributed by atoms with Crippen LogP contribution in [0.1, 0.15) is 85.5 Å². The van der Waals surface area contributed by atoms with Crippen molar-refractivity contribution < 1.29 is 9.90 Å². The van der Waals surface area contributed by atoms with Crippen LogP contribution in [0.25, 0.3) is 0 Å². The van der Waals surface area contributed by atoms with Gasteiger partial charge in [-0.05, 0) is 12.3 Å². The average molecular weight is 436 g/mol. The molecule has 1 atom stereocenters. The van der Waals surface area contributed by atoms with Crippen molar-refractivity contribution in [2.24, 2.45) is 5.92 Å². The van der Waals surface area contributed by atoms with Crippen molar-refractivity contribution in [2.45, 2.75) is 99.6 Å². The number of carbonyl (C=O) groups excluding carboxylic acids is 1. The summed E-state index contributed by atoms with van der Waals surface area (Å²) in [4.78, 5) is 10.3. The van der Waals surface area contributed by atoms with Crippen molar-refractivity contribution in [3.8, 4) is 0 Å². The van der Waals surface area contributed by atoms with Gasteiger partial charge in [0.05, 0.1) is 5.97 Å². The summed E-state index contributed by atoms with van der Waals surface area (Å²) >= 11 is 4.06. The summed E-state index contributed by atoms with van der Waals surface area (Å²) in [5, 5.41) is 9.70. The van der Waals surface area contributed by atoms with E-state index in [1.54, 1.807) is 8.87 Å². The molecule has 0 spiro atoms. The third kappa shape index (κ3) is 22.9. The van der Waals surface area contributed by atoms with Gasteiger partial charge >= 0.3 is 69.5 Å². The molecule has 4 heteroatoms. The van der Waals surface area contributed by atoms with E-state index in [1.807, 2.05) is 0 Å². The van der Waals surface area contributed by atoms with Crippen LogP contribution in [0.15, 0.2) is 0 Å². The Labute approximate surface area is 154 Å². The maximum atomic E-state index is 10.3. The van der Waals surface area contributed by atoms with Crippen molar-refractivity contribution in [2.75, 3.05) is 0 Å². The summed E-state index contributed by atoms with van der Waals surface area (Å²) in [6.45, 7) is 8.98. The van der Waals surface area contributed by atoms with Crippen molar-refractivity contribution in [3.05, 3.63) is 0 Å². The summed E-state index contributed by atoms with van der Waals surface area (Å²) in [6.07, 6.45) is 10.9. The minimum absolute atomic E-state index is 0.149. The molecule has 0 saturated heterocycles. The zero-order chi connectivity index (χ0) is 17.2. The monoisotopic (exact) mass is 437 g/mol. The molecular formula is C18H37O2SSn. The fourth-order valence-corrected chi connectivity index (χ4v) is 6.25. The van der Waals surface area contributed by atoms with E-state index in [2.05, 4.69) is 40.3 Å². The van der Waals surface area contributed by atoms with Gasteiger partial charge in [-0.25, -0.2) is 0 Å². The van der Waals surface area contributed by atoms with E-state index < -0.39 is 11.2 Å². The predicted octanol–water partition coefficient (Wildman–Crippen LogP) is 4.77. The fraction of sp³-hybridized carbons (Fsp3) is 0.944. The molecule has 0 N–H and O–H groups in total. The Balaban J connectivity index is 0. The standard InChI is InChI=1S/C10H20O2S.2C4H9.Sn/c1-8(2)6-4-3-5-7-9(13)10(11)12;2*1-3-4-2;/h8-9,13H,3-7H2,1-2H3,(H,11,12);2*1,3-4H2,2H3;/q;;;+1/p-1. The number of hydrogen-bond donors (Lipinski definition) is 1. The molecule has 0 aliphatic heterocycles. The van der Waals surface area contributed by atoms with Gasteiger partial charge in [0.2, 0.25) is 0 Å². The summed E-state index contributed by atoms with van der Waals surface area (Å²) < 4.78 is 3.25. The van der Waals surface area contributed by atoms with E-state index in [1.165, 1.54) is 38.5 Å². The molecule has 1 radical (unpaired) electrons. The SMILES string of the molecule is CC(C)CCCCCC(S)C(=O)[O-].CCC[CH2][Sn+][CH2]CCC. The molecule has 2 nitrogen and oxygen atoms in total. The molecule has 0 aliphatic rings. The predicted molar refractivity (Wildman–Crippen MR) is 101 cm³/mol. The minimum atomic E-state index is -1.05. The van der Waals surface area contributed by atoms with Gasteiger partial charge in [0.1, 0.15) is 0 Å². The molecule has 22 heavy (non-hydrogen) atoms. The van der Waals surface area contributed by atoms with Crippen LogP contribution in [0.3, 0.4) is 0 Å². The zero-order valence-corrected chi connectivity index (χ0v) is 18.9. The van der Waals surface area contributed by atoms with Gasteiger partial charge < -0.3 is 9.90 Å². The number of carboxylic acids is 1. The van der Waals surface area contributed by atoms with Crippen molar-refractivity contribution in [3.63, 3.8) is 0 Å². The third-order valence-electron chi connectivity index (χ3n) is 3.45. The molecule has 0 saturated carbocycles. The molecular weight excluding hydrogens is 399 g/mol. The summed E-state index contributed by atoms with van der Waals surface area (Å²) in [6, 6.07) is 0. The van der Waals surface area contributed by atoms with Crippen LogP contribution in [0.2, 0.25) is 8.87 Å². The summed E-state index contributed by atoms with van der Waals surface area (Å²) in [7, 11) is 0. The molecule has 0 aromatic carbocycles. The normalized spacial score (nSPS) is 11.7. The number of rotatable bonds is 13. The first-order valence-corrected chi connectivity index (χ1v) is 13.6. The Hall–Kier alpha value is 0.619. The first-order valence-electron chi connectivity index (χ1n) is 9.05. The van der Waals surface area contributed by atoms with Gasteiger partial charge in [0.25, 0.3) is 0 Å². The average Bonchev–Trinajstić information content (AvgIpc) is 2.47. The molecule has 0 amide bonds. The van der Waals surface area contributed by atoms with Crippen LogP contribution in [0.5, 0.6) is 0 Å². The molecule has 0 fully saturated rings. The molecule has 0 aromatic heterocycles. The Kier molecular flexibility index (Phi) is 22.2. The Morgan fingerprint density at radius 2 is 1.45 bits per heavy atom. The number of carbonyl (C=O) groups is 1. The van der Waals surface area contributed by atoms with Gasteiger partial charge in [0.15, 0.2) is 0 Å². The van der Waals surface area contributed by atoms with E-state index >= 15 is 0 Å². The van der Waals surface area contributed by atoms with Crippen LogP contribution in [-0.4, -0.2) is 32.4 Å². The van der Waals surface area contributed by atoms with E-state index in [-0.39, 0.29) is 21.1 Å². The van der Waals surface area contributed by atoms with E-state index in [0.29, 0.717) is 6.42 Å². The second kappa shape index (κ2) is 19.7. The van der Waals surface area contributed by atoms with Crippen LogP contribution in [0, 0.1) is 5.92 Å². The second-order valence-electron chi connectivity index (χ2n) is 6.32. The Morgan fingerprint density at radius 1 is 0.955 bits per heavy atom. The van der Waals surface area contributed by atoms with Gasteiger partial charge in [-0.3, -0.25) is 0 Å². The molecule has 0 rings (SSSR count). The molecule has 131 valence electrons. The van der Waals surface area contributed by atoms with Crippen molar-refractivity contribution in [1.82, 2.24) is 0 Å². The Bertz CT molecular complexity index is 229. The van der Waals surface area contributed by atoms with Crippen LogP contribution in [0.4, 0.5) is 0 Å². The molecule has 1 unspecified atom stereocenters. The van der Waals surface area contributed by atoms with Crippen molar-refractivity contribution in [1.29, 1.82) is 0 Å². The Morgan fingerprint density at radius 3 is 1.86 bits per heavy atom. The second-order valence-corrected chi connectivity index (χ2v) is 11.2. The number of thiol groups is 1.